The molecule has 0 aliphatic carbocycles. The molecule has 22 heteroatoms. The van der Waals surface area contributed by atoms with E-state index < -0.39 is 5.41 Å². The first-order chi connectivity index (χ1) is 60.3. The average molecular weight is 1820 g/mol. The highest BCUT2D eigenvalue weighted by molar-refractivity contribution is 5.79. The topological polar surface area (TPSA) is 274 Å². The lowest BCUT2D eigenvalue weighted by atomic mass is 9.91. The number of allylic oxidation sites excluding steroid dienone is 3. The first kappa shape index (κ1) is 135. The van der Waals surface area contributed by atoms with Gasteiger partial charge in [0.15, 0.2) is 0 Å². The zero-order valence-electron chi connectivity index (χ0n) is 86.7. The maximum atomic E-state index is 11.9. The molecular formula is C107H178O22. The maximum Gasteiger partial charge on any atom is 0.314 e. The molecule has 3 atom stereocenters. The largest absolute Gasteiger partial charge is 0.469 e. The van der Waals surface area contributed by atoms with Crippen LogP contribution >= 0.6 is 0 Å². The van der Waals surface area contributed by atoms with Crippen LogP contribution in [-0.4, -0.2) is 141 Å². The van der Waals surface area contributed by atoms with Gasteiger partial charge in [0.05, 0.1) is 82.8 Å². The summed E-state index contributed by atoms with van der Waals surface area (Å²) in [5, 5.41) is 0. The fourth-order valence-corrected chi connectivity index (χ4v) is 7.34. The van der Waals surface area contributed by atoms with Crippen LogP contribution in [0.25, 0.3) is 12.2 Å². The molecule has 0 heterocycles. The Labute approximate surface area is 782 Å². The van der Waals surface area contributed by atoms with E-state index in [1.807, 2.05) is 305 Å². The Hall–Kier alpha value is -9.35. The zero-order valence-corrected chi connectivity index (χ0v) is 86.7. The van der Waals surface area contributed by atoms with Crippen molar-refractivity contribution in [3.63, 3.8) is 0 Å². The molecule has 0 aromatic heterocycles. The Morgan fingerprint density at radius 3 is 0.845 bits per heavy atom. The summed E-state index contributed by atoms with van der Waals surface area (Å²) in [5.74, 6) is -0.720. The smallest absolute Gasteiger partial charge is 0.314 e. The van der Waals surface area contributed by atoms with E-state index in [0.717, 1.165) is 85.6 Å². The van der Waals surface area contributed by atoms with Gasteiger partial charge in [0.2, 0.25) is 0 Å². The van der Waals surface area contributed by atoms with Crippen molar-refractivity contribution in [2.45, 2.75) is 291 Å². The standard InChI is InChI=1S/C17H22O2.2C13H18O2.C11H14O2.C10H20O3.3C9H18O3.C7H14O2.3C3H6/c1-6-13-9-14(7-2)11-15(10-13)12-19-16(18)17(4,5)8-3;2*1-4-13(2,3)12(14)15-10-11-8-6-5-7-9-11;1-3-9(2)11(12)13-10-7-5-4-6-8-10;1-5-10(3,4)9(11)13-8-7-12-6-2;2*1-5-9(2,3)8(10)12-7-6-11-4;1-5-7(2)9(10)12-6-8(3)11-4;1-5-7(2,3)6(8)9-4;3*1-3-2/h6-7,9-11H,1-2,8,12H2,3-5H3;2*5-9H,4,10H2,1-3H3;4-9H,3H2,1-2H3;5-8H2,1-4H3;2*5-7H2,1-4H3;7-8H,5-6H2,1-4H3;5H2,1-4H3;3*3H,1H2,2H3. The summed E-state index contributed by atoms with van der Waals surface area (Å²) in [5.41, 5.74) is 2.39. The highest BCUT2D eigenvalue weighted by Gasteiger charge is 2.32. The molecule has 0 spiro atoms. The molecule has 0 aliphatic rings. The number of carbonyl (C=O) groups excluding carboxylic acids is 9. The molecule has 129 heavy (non-hydrogen) atoms. The van der Waals surface area contributed by atoms with Crippen molar-refractivity contribution in [3.05, 3.63) is 188 Å². The average Bonchev–Trinajstić information content (AvgIpc) is 0.867. The van der Waals surface area contributed by atoms with Gasteiger partial charge in [-0.1, -0.05) is 199 Å². The second-order valence-corrected chi connectivity index (χ2v) is 34.1. The number of ether oxygens (including phenoxy) is 13. The molecule has 0 fully saturated rings. The van der Waals surface area contributed by atoms with Crippen LogP contribution in [0.2, 0.25) is 0 Å². The van der Waals surface area contributed by atoms with Crippen molar-refractivity contribution >= 4 is 65.9 Å². The van der Waals surface area contributed by atoms with Gasteiger partial charge >= 0.3 is 53.7 Å². The predicted molar refractivity (Wildman–Crippen MR) is 529 cm³/mol. The molecule has 4 aromatic rings. The normalized spacial score (nSPS) is 11.2. The monoisotopic (exact) mass is 1820 g/mol. The summed E-state index contributed by atoms with van der Waals surface area (Å²) in [4.78, 5) is 102. The lowest BCUT2D eigenvalue weighted by molar-refractivity contribution is -0.156. The Bertz CT molecular complexity index is 3450. The number of hydrogen-bond acceptors (Lipinski definition) is 22. The third-order valence-corrected chi connectivity index (χ3v) is 20.1. The van der Waals surface area contributed by atoms with Crippen LogP contribution in [0, 0.1) is 49.7 Å². The summed E-state index contributed by atoms with van der Waals surface area (Å²) < 4.78 is 65.0. The van der Waals surface area contributed by atoms with Crippen LogP contribution in [0.5, 0.6) is 5.75 Å². The van der Waals surface area contributed by atoms with Gasteiger partial charge in [-0.25, -0.2) is 0 Å². The number of methoxy groups -OCH3 is 4. The molecule has 0 amide bonds. The first-order valence-corrected chi connectivity index (χ1v) is 45.1. The van der Waals surface area contributed by atoms with Crippen molar-refractivity contribution < 1.29 is 105 Å². The van der Waals surface area contributed by atoms with Gasteiger partial charge in [-0.15, -0.1) is 19.7 Å². The quantitative estimate of drug-likeness (QED) is 0.0132. The van der Waals surface area contributed by atoms with Gasteiger partial charge in [0, 0.05) is 27.9 Å². The molecule has 0 saturated heterocycles. The maximum absolute atomic E-state index is 11.9. The van der Waals surface area contributed by atoms with Crippen molar-refractivity contribution in [2.75, 3.05) is 81.3 Å². The third-order valence-electron chi connectivity index (χ3n) is 20.1. The second-order valence-electron chi connectivity index (χ2n) is 34.1. The van der Waals surface area contributed by atoms with Crippen molar-refractivity contribution in [1.29, 1.82) is 0 Å². The van der Waals surface area contributed by atoms with Crippen molar-refractivity contribution in [1.82, 2.24) is 0 Å². The van der Waals surface area contributed by atoms with Crippen molar-refractivity contribution in [2.24, 2.45) is 49.7 Å². The van der Waals surface area contributed by atoms with Gasteiger partial charge in [-0.05, 0) is 247 Å². The molecule has 4 aromatic carbocycles. The Kier molecular flexibility index (Phi) is 84.5. The lowest BCUT2D eigenvalue weighted by Gasteiger charge is -2.20. The van der Waals surface area contributed by atoms with E-state index in [0.29, 0.717) is 71.8 Å². The highest BCUT2D eigenvalue weighted by atomic mass is 16.6. The van der Waals surface area contributed by atoms with Crippen LogP contribution in [0.1, 0.15) is 293 Å². The van der Waals surface area contributed by atoms with E-state index in [-0.39, 0.29) is 111 Å². The predicted octanol–water partition coefficient (Wildman–Crippen LogP) is 25.4. The van der Waals surface area contributed by atoms with E-state index in [1.54, 1.807) is 63.8 Å². The molecule has 0 aliphatic heterocycles. The van der Waals surface area contributed by atoms with Crippen LogP contribution in [-0.2, 0) is 120 Å². The summed E-state index contributed by atoms with van der Waals surface area (Å²) >= 11 is 0. The molecule has 4 rings (SSSR count). The Balaban J connectivity index is -0.000000211. The van der Waals surface area contributed by atoms with Crippen molar-refractivity contribution in [3.8, 4) is 5.75 Å². The molecule has 22 nitrogen and oxygen atoms in total. The lowest BCUT2D eigenvalue weighted by Crippen LogP contribution is -2.26. The molecule has 0 bridgehead atoms. The van der Waals surface area contributed by atoms with E-state index >= 15 is 0 Å². The Morgan fingerprint density at radius 2 is 0.597 bits per heavy atom. The molecule has 0 N–H and O–H groups in total. The molecule has 0 radical (unpaired) electrons. The molecule has 0 saturated carbocycles. The van der Waals surface area contributed by atoms with Gasteiger partial charge in [0.1, 0.15) is 52.0 Å². The van der Waals surface area contributed by atoms with Gasteiger partial charge in [-0.2, -0.15) is 0 Å². The summed E-state index contributed by atoms with van der Waals surface area (Å²) in [6.07, 6.45) is 15.9. The van der Waals surface area contributed by atoms with Gasteiger partial charge < -0.3 is 61.6 Å². The minimum Gasteiger partial charge on any atom is -0.469 e. The zero-order chi connectivity index (χ0) is 101. The van der Waals surface area contributed by atoms with Crippen LogP contribution < -0.4 is 4.74 Å². The number of hydrogen-bond donors (Lipinski definition) is 0. The third kappa shape index (κ3) is 72.1. The van der Waals surface area contributed by atoms with E-state index in [2.05, 4.69) is 37.6 Å². The molecule has 738 valence electrons. The summed E-state index contributed by atoms with van der Waals surface area (Å²) in [7, 11) is 6.18. The van der Waals surface area contributed by atoms with Gasteiger partial charge in [0.25, 0.3) is 0 Å². The number of esters is 9. The SMILES string of the molecule is C=CC.C=CC.C=CC.C=Cc1cc(C=C)cc(COC(=O)C(C)(C)CC)c1.CCC(C)(C)C(=O)OC.CCC(C)(C)C(=O)OCCOC.CCC(C)(C)C(=O)OCCOC.CCC(C)(C)C(=O)OCc1ccccc1.CCC(C)(C)C(=O)OCc1ccccc1.CCC(C)C(=O)OCC(C)OC.CCC(C)C(=O)Oc1ccccc1.CCOCCOC(=O)C(C)(C)CC. The number of benzene rings is 4. The highest BCUT2D eigenvalue weighted by Crippen LogP contribution is 2.28. The van der Waals surface area contributed by atoms with Crippen LogP contribution in [0.4, 0.5) is 0 Å². The van der Waals surface area contributed by atoms with E-state index in [1.165, 1.54) is 7.11 Å². The minimum absolute atomic E-state index is 0.00550. The summed E-state index contributed by atoms with van der Waals surface area (Å²) in [6.45, 7) is 79.5. The number of rotatable bonds is 40. The fourth-order valence-electron chi connectivity index (χ4n) is 7.34. The first-order valence-electron chi connectivity index (χ1n) is 45.1. The number of para-hydroxylation sites is 1. The summed E-state index contributed by atoms with van der Waals surface area (Å²) in [6, 6.07) is 34.5. The minimum atomic E-state index is -0.433. The molecule has 3 unspecified atom stereocenters. The van der Waals surface area contributed by atoms with Crippen LogP contribution in [0.15, 0.2) is 160 Å². The van der Waals surface area contributed by atoms with E-state index in [4.69, 9.17) is 56.8 Å². The number of carbonyl (C=O) groups is 9. The van der Waals surface area contributed by atoms with Crippen LogP contribution in [0.3, 0.4) is 0 Å². The Morgan fingerprint density at radius 1 is 0.333 bits per heavy atom. The second kappa shape index (κ2) is 80.7. The molecular weight excluding hydrogens is 1640 g/mol. The van der Waals surface area contributed by atoms with E-state index in [9.17, 15) is 43.2 Å². The van der Waals surface area contributed by atoms with Gasteiger partial charge in [-0.3, -0.25) is 43.2 Å². The fraction of sp³-hybridized carbons (Fsp3) is 0.598.